The molecule has 0 aliphatic heterocycles. The molecule has 0 heterocycles. The van der Waals surface area contributed by atoms with E-state index >= 15 is 0 Å². The van der Waals surface area contributed by atoms with E-state index in [4.69, 9.17) is 23.2 Å². The summed E-state index contributed by atoms with van der Waals surface area (Å²) in [5, 5.41) is 3.99. The van der Waals surface area contributed by atoms with Crippen LogP contribution in [0.5, 0.6) is 0 Å². The van der Waals surface area contributed by atoms with Gasteiger partial charge in [-0.2, -0.15) is 0 Å². The molecule has 0 saturated carbocycles. The largest absolute Gasteiger partial charge is 0.352 e. The summed E-state index contributed by atoms with van der Waals surface area (Å²) in [4.78, 5) is 28.0. The summed E-state index contributed by atoms with van der Waals surface area (Å²) >= 11 is 14.3. The Bertz CT molecular complexity index is 902. The van der Waals surface area contributed by atoms with Gasteiger partial charge in [0.05, 0.1) is 5.75 Å². The van der Waals surface area contributed by atoms with Crippen molar-refractivity contribution in [3.63, 3.8) is 0 Å². The molecule has 4 nitrogen and oxygen atoms in total. The third-order valence-electron chi connectivity index (χ3n) is 5.52. The Morgan fingerprint density at radius 3 is 2.28 bits per heavy atom. The van der Waals surface area contributed by atoms with Crippen molar-refractivity contribution >= 4 is 46.8 Å². The Labute approximate surface area is 206 Å². The number of amides is 2. The zero-order valence-corrected chi connectivity index (χ0v) is 21.5. The smallest absolute Gasteiger partial charge is 0.243 e. The van der Waals surface area contributed by atoms with Gasteiger partial charge in [0.25, 0.3) is 0 Å². The van der Waals surface area contributed by atoms with Crippen molar-refractivity contribution in [2.75, 3.05) is 5.75 Å². The number of hydrogen-bond donors (Lipinski definition) is 1. The molecule has 0 bridgehead atoms. The fraction of sp³-hybridized carbons (Fsp3) is 0.440. The molecule has 0 saturated heterocycles. The van der Waals surface area contributed by atoms with Crippen LogP contribution in [-0.2, 0) is 21.9 Å². The molecule has 0 aliphatic rings. The van der Waals surface area contributed by atoms with Crippen LogP contribution >= 0.6 is 35.0 Å². The molecule has 0 radical (unpaired) electrons. The van der Waals surface area contributed by atoms with Crippen molar-refractivity contribution < 1.29 is 9.59 Å². The zero-order valence-electron chi connectivity index (χ0n) is 19.2. The summed E-state index contributed by atoms with van der Waals surface area (Å²) in [7, 11) is 0. The Kier molecular flexibility index (Phi) is 10.9. The van der Waals surface area contributed by atoms with Crippen molar-refractivity contribution in [3.8, 4) is 0 Å². The Morgan fingerprint density at radius 1 is 1.03 bits per heavy atom. The third kappa shape index (κ3) is 7.43. The van der Waals surface area contributed by atoms with Crippen LogP contribution in [0.2, 0.25) is 10.0 Å². The molecule has 0 fully saturated rings. The van der Waals surface area contributed by atoms with Gasteiger partial charge in [0, 0.05) is 33.9 Å². The van der Waals surface area contributed by atoms with E-state index in [1.165, 1.54) is 11.1 Å². The minimum Gasteiger partial charge on any atom is -0.352 e. The molecular formula is C25H32Cl2N2O2S. The molecule has 7 heteroatoms. The van der Waals surface area contributed by atoms with Gasteiger partial charge >= 0.3 is 0 Å². The number of hydrogen-bond acceptors (Lipinski definition) is 3. The number of aryl methyl sites for hydroxylation is 1. The molecule has 174 valence electrons. The first kappa shape index (κ1) is 26.6. The molecule has 2 aromatic rings. The number of carbonyl (C=O) groups is 2. The molecule has 2 unspecified atom stereocenters. The third-order valence-corrected chi connectivity index (χ3v) is 7.20. The number of benzene rings is 2. The second-order valence-electron chi connectivity index (χ2n) is 7.88. The highest BCUT2D eigenvalue weighted by Gasteiger charge is 2.30. The van der Waals surface area contributed by atoms with Gasteiger partial charge in [-0.25, -0.2) is 0 Å². The van der Waals surface area contributed by atoms with E-state index in [-0.39, 0.29) is 30.2 Å². The minimum atomic E-state index is -0.595. The molecule has 2 atom stereocenters. The van der Waals surface area contributed by atoms with Crippen molar-refractivity contribution in [1.29, 1.82) is 0 Å². The second-order valence-corrected chi connectivity index (χ2v) is 9.68. The first-order valence-electron chi connectivity index (χ1n) is 10.9. The van der Waals surface area contributed by atoms with Crippen LogP contribution in [0.3, 0.4) is 0 Å². The molecule has 32 heavy (non-hydrogen) atoms. The van der Waals surface area contributed by atoms with Crippen LogP contribution in [0.4, 0.5) is 0 Å². The van der Waals surface area contributed by atoms with Crippen LogP contribution in [0.25, 0.3) is 0 Å². The summed E-state index contributed by atoms with van der Waals surface area (Å²) in [5.41, 5.74) is 3.06. The normalized spacial score (nSPS) is 12.8. The Morgan fingerprint density at radius 2 is 1.69 bits per heavy atom. The van der Waals surface area contributed by atoms with Gasteiger partial charge in [0.2, 0.25) is 11.8 Å². The van der Waals surface area contributed by atoms with Crippen molar-refractivity contribution in [1.82, 2.24) is 10.2 Å². The topological polar surface area (TPSA) is 49.4 Å². The highest BCUT2D eigenvalue weighted by Crippen LogP contribution is 2.27. The molecule has 0 aromatic heterocycles. The molecular weight excluding hydrogens is 463 g/mol. The Hall–Kier alpha value is -1.69. The lowest BCUT2D eigenvalue weighted by Gasteiger charge is -2.32. The van der Waals surface area contributed by atoms with Gasteiger partial charge in [-0.15, -0.1) is 11.8 Å². The van der Waals surface area contributed by atoms with E-state index in [9.17, 15) is 9.59 Å². The molecule has 2 amide bonds. The van der Waals surface area contributed by atoms with Gasteiger partial charge in [0.1, 0.15) is 6.04 Å². The quantitative estimate of drug-likeness (QED) is 0.401. The van der Waals surface area contributed by atoms with E-state index < -0.39 is 6.04 Å². The summed E-state index contributed by atoms with van der Waals surface area (Å²) in [6.07, 6.45) is 1.32. The van der Waals surface area contributed by atoms with Crippen molar-refractivity contribution in [2.45, 2.75) is 64.9 Å². The lowest BCUT2D eigenvalue weighted by molar-refractivity contribution is -0.139. The highest BCUT2D eigenvalue weighted by molar-refractivity contribution is 7.99. The number of halogens is 2. The maximum Gasteiger partial charge on any atom is 0.243 e. The van der Waals surface area contributed by atoms with Crippen molar-refractivity contribution in [2.24, 2.45) is 0 Å². The first-order chi connectivity index (χ1) is 15.3. The lowest BCUT2D eigenvalue weighted by Crippen LogP contribution is -2.51. The summed E-state index contributed by atoms with van der Waals surface area (Å²) in [6, 6.07) is 12.9. The van der Waals surface area contributed by atoms with Crippen molar-refractivity contribution in [3.05, 3.63) is 69.2 Å². The fourth-order valence-corrected chi connectivity index (χ4v) is 4.82. The summed E-state index contributed by atoms with van der Waals surface area (Å²) < 4.78 is 0. The number of nitrogens with one attached hydrogen (secondary N) is 1. The zero-order chi connectivity index (χ0) is 23.7. The standard InChI is InChI=1S/C25H32Cl2N2O2S/c1-5-18(4)28-25(31)23(6-2)29(14-20-21(26)12-9-13-22(20)27)24(30)16-32-15-19-11-8-7-10-17(19)3/h7-13,18,23H,5-6,14-16H2,1-4H3,(H,28,31). The predicted molar refractivity (Wildman–Crippen MR) is 136 cm³/mol. The summed E-state index contributed by atoms with van der Waals surface area (Å²) in [6.45, 7) is 8.14. The number of carbonyl (C=O) groups excluding carboxylic acids is 2. The van der Waals surface area contributed by atoms with E-state index in [0.29, 0.717) is 22.0 Å². The van der Waals surface area contributed by atoms with Gasteiger partial charge in [0.15, 0.2) is 0 Å². The molecule has 0 aliphatic carbocycles. The highest BCUT2D eigenvalue weighted by atomic mass is 35.5. The van der Waals surface area contributed by atoms with E-state index in [0.717, 1.165) is 12.2 Å². The first-order valence-corrected chi connectivity index (χ1v) is 12.8. The maximum absolute atomic E-state index is 13.3. The van der Waals surface area contributed by atoms with E-state index in [1.807, 2.05) is 32.9 Å². The van der Waals surface area contributed by atoms with Gasteiger partial charge in [-0.1, -0.05) is 67.4 Å². The monoisotopic (exact) mass is 494 g/mol. The van der Waals surface area contributed by atoms with Gasteiger partial charge in [-0.3, -0.25) is 9.59 Å². The molecule has 0 spiro atoms. The van der Waals surface area contributed by atoms with Crippen LogP contribution in [0.1, 0.15) is 50.3 Å². The average molecular weight is 496 g/mol. The van der Waals surface area contributed by atoms with E-state index in [1.54, 1.807) is 34.9 Å². The van der Waals surface area contributed by atoms with Gasteiger partial charge in [-0.05, 0) is 49.9 Å². The van der Waals surface area contributed by atoms with Crippen LogP contribution in [0, 0.1) is 6.92 Å². The van der Waals surface area contributed by atoms with E-state index in [2.05, 4.69) is 24.4 Å². The lowest BCUT2D eigenvalue weighted by atomic mass is 10.1. The maximum atomic E-state index is 13.3. The van der Waals surface area contributed by atoms with Crippen LogP contribution in [-0.4, -0.2) is 34.6 Å². The number of nitrogens with zero attached hydrogens (tertiary/aromatic N) is 1. The number of rotatable bonds is 11. The van der Waals surface area contributed by atoms with Crippen LogP contribution < -0.4 is 5.32 Å². The van der Waals surface area contributed by atoms with Gasteiger partial charge < -0.3 is 10.2 Å². The molecule has 2 aromatic carbocycles. The molecule has 1 N–H and O–H groups in total. The Balaban J connectivity index is 2.22. The fourth-order valence-electron chi connectivity index (χ4n) is 3.32. The molecule has 2 rings (SSSR count). The number of thioether (sulfide) groups is 1. The summed E-state index contributed by atoms with van der Waals surface area (Å²) in [5.74, 6) is 0.742. The van der Waals surface area contributed by atoms with Crippen LogP contribution in [0.15, 0.2) is 42.5 Å². The minimum absolute atomic E-state index is 0.0350. The average Bonchev–Trinajstić information content (AvgIpc) is 2.76. The second kappa shape index (κ2) is 13.1. The predicted octanol–water partition coefficient (Wildman–Crippen LogP) is 6.26. The SMILES string of the molecule is CCC(C)NC(=O)C(CC)N(Cc1c(Cl)cccc1Cl)C(=O)CSCc1ccccc1C.